The van der Waals surface area contributed by atoms with E-state index in [2.05, 4.69) is 48.3 Å². The summed E-state index contributed by atoms with van der Waals surface area (Å²) in [5.41, 5.74) is 5.93. The molecule has 9 aliphatic rings. The highest BCUT2D eigenvalue weighted by Gasteiger charge is 2.57. The molecule has 4 fully saturated rings. The second-order valence-electron chi connectivity index (χ2n) is 37.2. The molecule has 0 radical (unpaired) electrons. The monoisotopic (exact) mass is 1830 g/mol. The van der Waals surface area contributed by atoms with Gasteiger partial charge in [-0.3, -0.25) is 62.1 Å². The minimum Gasteiger partial charge on any atom is -0.507 e. The summed E-state index contributed by atoms with van der Waals surface area (Å²) in [6, 6.07) is 8.67. The van der Waals surface area contributed by atoms with Crippen LogP contribution in [-0.2, 0) is 54.4 Å². The summed E-state index contributed by atoms with van der Waals surface area (Å²) in [6.07, 6.45) is 13.8. The molecular formula is C98H119FN12O22. The third kappa shape index (κ3) is 19.9. The summed E-state index contributed by atoms with van der Waals surface area (Å²) in [5.74, 6) is -13.1. The SMILES string of the molecule is CO[C@H]1/C=C/O[C@@]2(C)Oc3c(C)c(O)c4c(=O)c(c5oc6cc(N7CCC(N(C)C8([C@@H]9CCN(c%10c(F)cn%11c(=O)c(C(=O)O)cc(C%12CC%12)c%11c%10C)C9)CC8)CC7)cc(OCc7ccc(NC(=O)[C@H](CCCNC(N)=O)NC(=O)[C@@H](NC(=O)CCCCCN8C(=O)C=CC8=O)C(C)C)cc7)c6nc-5c4c3C2=O)NC(=O)/C(C)=C\C=C\[C@H](C)[C@H](O)[C@@H](C)[C@@H](O)[C@@H](C)[C@H](OC(C)=O)[C@@H]1C. The van der Waals surface area contributed by atoms with Crippen LogP contribution in [0.3, 0.4) is 0 Å². The number of hydrogen-bond acceptors (Lipinski definition) is 25. The number of nitrogens with one attached hydrogen (secondary N) is 5. The van der Waals surface area contributed by atoms with Crippen LogP contribution in [0.4, 0.5) is 31.9 Å². The number of carboxylic acids is 1. The average Bonchev–Trinajstić information content (AvgIpc) is 1.57. The maximum Gasteiger partial charge on any atom is 0.341 e. The highest BCUT2D eigenvalue weighted by Crippen LogP contribution is 2.55. The van der Waals surface area contributed by atoms with Crippen LogP contribution in [-0.4, -0.2) is 206 Å². The van der Waals surface area contributed by atoms with Gasteiger partial charge in [0.25, 0.3) is 29.1 Å². The van der Waals surface area contributed by atoms with E-state index < -0.39 is 170 Å². The number of aromatic hydroxyl groups is 1. The molecule has 2 aromatic heterocycles. The van der Waals surface area contributed by atoms with Gasteiger partial charge in [0, 0.05) is 154 Å². The first-order valence-corrected chi connectivity index (χ1v) is 45.7. The fourth-order valence-corrected chi connectivity index (χ4v) is 19.8. The van der Waals surface area contributed by atoms with Crippen molar-refractivity contribution in [1.82, 2.24) is 35.1 Å². The average molecular weight is 1840 g/mol. The normalized spacial score (nSPS) is 24.2. The van der Waals surface area contributed by atoms with Crippen molar-refractivity contribution in [1.29, 1.82) is 0 Å². The number of unbranched alkanes of at least 4 members (excludes halogenated alkanes) is 2. The van der Waals surface area contributed by atoms with Gasteiger partial charge in [0.15, 0.2) is 22.9 Å². The number of carbonyl (C=O) groups excluding carboxylic acids is 9. The number of primary amides is 1. The molecule has 34 nitrogen and oxygen atoms in total. The number of rotatable bonds is 28. The van der Waals surface area contributed by atoms with E-state index in [-0.39, 0.29) is 119 Å². The number of phenols is 1. The minimum absolute atomic E-state index is 0.0285. The molecule has 35 heteroatoms. The van der Waals surface area contributed by atoms with E-state index >= 15 is 14.0 Å². The number of aliphatic hydroxyl groups is 2. The molecule has 3 aliphatic carbocycles. The van der Waals surface area contributed by atoms with Gasteiger partial charge in [0.1, 0.15) is 58.8 Å². The van der Waals surface area contributed by atoms with Crippen molar-refractivity contribution in [3.8, 4) is 28.7 Å². The second kappa shape index (κ2) is 39.7. The molecule has 5 aromatic rings. The van der Waals surface area contributed by atoms with Gasteiger partial charge in [-0.25, -0.2) is 19.0 Å². The first-order valence-electron chi connectivity index (χ1n) is 45.7. The maximum atomic E-state index is 16.7. The topological polar surface area (TPSA) is 461 Å². The van der Waals surface area contributed by atoms with Crippen LogP contribution in [0.5, 0.6) is 17.2 Å². The zero-order valence-electron chi connectivity index (χ0n) is 77.2. The number of carboxylic acid groups (broad SMARTS) is 1. The molecule has 0 spiro atoms. The largest absolute Gasteiger partial charge is 0.507 e. The molecule has 3 aromatic carbocycles. The fraction of sp³-hybridized carbons (Fsp3) is 0.500. The molecule has 11 N–H and O–H groups in total. The Morgan fingerprint density at radius 3 is 2.18 bits per heavy atom. The molecule has 4 bridgehead atoms. The number of pyridine rings is 2. The highest BCUT2D eigenvalue weighted by atomic mass is 19.1. The fourth-order valence-electron chi connectivity index (χ4n) is 19.8. The van der Waals surface area contributed by atoms with Crippen molar-refractivity contribution in [3.05, 3.63) is 157 Å². The number of aryl methyl sites for hydroxylation is 1. The number of benzene rings is 4. The second-order valence-corrected chi connectivity index (χ2v) is 37.2. The summed E-state index contributed by atoms with van der Waals surface area (Å²) in [5, 5.41) is 59.3. The summed E-state index contributed by atoms with van der Waals surface area (Å²) < 4.78 is 56.4. The standard InChI is InChI=1S/C98H119FN12O22/c1-49(2)77(104-71(113)22-15-14-16-38-110-72(114)29-30-73(110)115)93(123)103-67(21-18-37-101-96(100)127)92(122)102-61-27-23-58(24-28-61)48-129-69-43-63(108-40-32-62(33-41-108)107(12)98(35-36-98)60-31-39-109(46-60)82-53(6)81-64(59-25-26-59)45-65(95(125)126)94(124)111(81)47-66(82)99)44-70-78(69)105-79-74-75-85(118)56(9)88-76(74)90(120)97(11,133-88)130-42-34-68(128-13)52(5)87(131-57(10)112)55(8)84(117)54(7)83(116)50(3)19-17-20-51(4)91(121)106-80(86(75)119)89(79)132-70/h17,19-20,23-24,27-30,34,42-45,47,49-50,52,54-55,59-60,62,67-68,77,83-84,87,116-118H,14-16,18,21-22,25-26,31-33,35-41,46,48H2,1-13H3,(H,102,122)(H,103,123)(H,104,113)(H,106,121)(H,125,126)(H3,100,101,127)/b19-17+,42-34+,51-20-/t50-,52+,54+,55+,60+,67-,68-,77-,83-,84+,87+,97-/m0/s1. The van der Waals surface area contributed by atoms with E-state index in [1.165, 1.54) is 75.8 Å². The van der Waals surface area contributed by atoms with Crippen LogP contribution in [0.25, 0.3) is 38.8 Å². The van der Waals surface area contributed by atoms with Gasteiger partial charge in [-0.15, -0.1) is 0 Å². The zero-order valence-corrected chi connectivity index (χ0v) is 77.2. The quantitative estimate of drug-likeness (QED) is 0.00716. The molecule has 710 valence electrons. The van der Waals surface area contributed by atoms with E-state index in [0.29, 0.717) is 92.0 Å². The Kier molecular flexibility index (Phi) is 28.8. The van der Waals surface area contributed by atoms with Crippen LogP contribution in [0, 0.1) is 55.2 Å². The summed E-state index contributed by atoms with van der Waals surface area (Å²) in [4.78, 5) is 176. The number of esters is 1. The van der Waals surface area contributed by atoms with E-state index in [4.69, 9.17) is 38.8 Å². The lowest BCUT2D eigenvalue weighted by Gasteiger charge is -2.43. The minimum atomic E-state index is -2.24. The molecule has 12 atom stereocenters. The third-order valence-electron chi connectivity index (χ3n) is 27.9. The number of carbonyl (C=O) groups is 10. The number of piperidine rings is 1. The van der Waals surface area contributed by atoms with Crippen LogP contribution in [0.15, 0.2) is 111 Å². The predicted molar refractivity (Wildman–Crippen MR) is 493 cm³/mol. The van der Waals surface area contributed by atoms with E-state index in [1.807, 2.05) is 6.92 Å². The lowest BCUT2D eigenvalue weighted by molar-refractivity contribution is -0.160. The number of nitrogens with zero attached hydrogens (tertiary/aromatic N) is 6. The number of aromatic nitrogens is 2. The molecule has 133 heavy (non-hydrogen) atoms. The Hall–Kier alpha value is -12.6. The molecular weight excluding hydrogens is 1720 g/mol. The number of urea groups is 1. The van der Waals surface area contributed by atoms with E-state index in [1.54, 1.807) is 90.1 Å². The van der Waals surface area contributed by atoms with Crippen molar-refractivity contribution < 1.29 is 101 Å². The lowest BCUT2D eigenvalue weighted by atomic mass is 9.78. The third-order valence-corrected chi connectivity index (χ3v) is 27.9. The van der Waals surface area contributed by atoms with E-state index in [0.717, 1.165) is 48.8 Å². The lowest BCUT2D eigenvalue weighted by Crippen LogP contribution is -2.54. The van der Waals surface area contributed by atoms with Crippen LogP contribution in [0.2, 0.25) is 0 Å². The van der Waals surface area contributed by atoms with Crippen molar-refractivity contribution in [3.63, 3.8) is 0 Å². The maximum absolute atomic E-state index is 16.7. The van der Waals surface area contributed by atoms with Gasteiger partial charge in [-0.2, -0.15) is 0 Å². The zero-order chi connectivity index (χ0) is 95.8. The number of hydrogen-bond donors (Lipinski definition) is 10. The Morgan fingerprint density at radius 2 is 1.53 bits per heavy atom. The van der Waals surface area contributed by atoms with Crippen molar-refractivity contribution in [2.45, 2.75) is 226 Å². The van der Waals surface area contributed by atoms with Crippen LogP contribution < -0.4 is 62.6 Å². The van der Waals surface area contributed by atoms with Crippen molar-refractivity contribution >= 4 is 109 Å². The first kappa shape index (κ1) is 96.5. The van der Waals surface area contributed by atoms with Gasteiger partial charge in [-0.1, -0.05) is 78.3 Å². The van der Waals surface area contributed by atoms with Gasteiger partial charge in [-0.05, 0) is 157 Å². The summed E-state index contributed by atoms with van der Waals surface area (Å²) >= 11 is 0. The van der Waals surface area contributed by atoms with Gasteiger partial charge >= 0.3 is 23.8 Å². The number of amides is 8. The molecule has 8 heterocycles. The van der Waals surface area contributed by atoms with Gasteiger partial charge in [0.2, 0.25) is 23.2 Å². The number of methoxy groups -OCH3 is 1. The molecule has 2 saturated heterocycles. The number of imide groups is 1. The highest BCUT2D eigenvalue weighted by molar-refractivity contribution is 6.23. The molecule has 8 amide bonds. The van der Waals surface area contributed by atoms with Crippen LogP contribution >= 0.6 is 0 Å². The summed E-state index contributed by atoms with van der Waals surface area (Å²) in [7, 11) is 3.57. The first-order chi connectivity index (χ1) is 63.2. The Balaban J connectivity index is 0.794. The molecule has 14 rings (SSSR count). The number of halogens is 1. The Labute approximate surface area is 768 Å². The molecule has 6 aliphatic heterocycles. The smallest absolute Gasteiger partial charge is 0.341 e. The number of aromatic carboxylic acids is 1. The number of phenolic OH excluding ortho intramolecular Hbond substituents is 1. The van der Waals surface area contributed by atoms with Crippen molar-refractivity contribution in [2.24, 2.45) is 41.2 Å². The molecule has 0 unspecified atom stereocenters. The number of ketones is 1. The Morgan fingerprint density at radius 1 is 0.827 bits per heavy atom. The van der Waals surface area contributed by atoms with Gasteiger partial charge in [0.05, 0.1) is 52.9 Å². The number of anilines is 4. The molecule has 2 saturated carbocycles. The van der Waals surface area contributed by atoms with Crippen molar-refractivity contribution in [2.75, 3.05) is 73.9 Å². The van der Waals surface area contributed by atoms with E-state index in [9.17, 15) is 68.4 Å². The summed E-state index contributed by atoms with van der Waals surface area (Å²) in [6.45, 7) is 19.8. The number of ether oxygens (including phenoxy) is 5. The van der Waals surface area contributed by atoms with Crippen LogP contribution in [0.1, 0.15) is 195 Å². The Bertz CT molecular complexity index is 5970. The number of fused-ring (bicyclic) bond motifs is 3. The van der Waals surface area contributed by atoms with Gasteiger partial charge < -0.3 is 90.6 Å². The predicted octanol–water partition coefficient (Wildman–Crippen LogP) is 10.6. The number of allylic oxidation sites excluding steroid dienone is 2. The number of nitrogens with two attached hydrogens (primary N) is 1. The number of aliphatic hydroxyl groups excluding tert-OH is 2. The number of Topliss-reactive ketones (excluding diaryl/α,β-unsaturated/α-hetero) is 1.